The number of piperidine rings is 1. The van der Waals surface area contributed by atoms with Crippen LogP contribution < -0.4 is 11.1 Å². The van der Waals surface area contributed by atoms with Crippen LogP contribution in [0.15, 0.2) is 0 Å². The van der Waals surface area contributed by atoms with Crippen LogP contribution in [0.25, 0.3) is 0 Å². The van der Waals surface area contributed by atoms with Crippen molar-refractivity contribution in [1.82, 2.24) is 10.2 Å². The third-order valence-corrected chi connectivity index (χ3v) is 2.81. The highest BCUT2D eigenvalue weighted by atomic mass is 16.1. The molecule has 18 heavy (non-hydrogen) atoms. The molecule has 0 saturated carbocycles. The van der Waals surface area contributed by atoms with Crippen LogP contribution in [0.3, 0.4) is 0 Å². The predicted molar refractivity (Wildman–Crippen MR) is 79.6 cm³/mol. The predicted octanol–water partition coefficient (Wildman–Crippen LogP) is 1.99. The van der Waals surface area contributed by atoms with Crippen molar-refractivity contribution in [2.75, 3.05) is 26.7 Å². The molecule has 4 heteroatoms. The second-order valence-corrected chi connectivity index (χ2v) is 4.04. The number of likely N-dealkylation sites (tertiary alicyclic amines) is 1. The van der Waals surface area contributed by atoms with E-state index in [1.807, 2.05) is 20.8 Å². The molecule has 0 atom stereocenters. The Bertz CT molecular complexity index is 178. The molecule has 0 aromatic rings. The second kappa shape index (κ2) is 14.5. The standard InChI is InChI=1S/C11H22N2O.C2H6.CH5N/c1-3-7-13-8-5-10(6-9-13)12-11(14)4-2;2*1-2/h10H,3-9H2,1-2H3,(H,12,14);1-2H3;2H2,1H3. The van der Waals surface area contributed by atoms with Gasteiger partial charge in [0.15, 0.2) is 0 Å². The van der Waals surface area contributed by atoms with Crippen molar-refractivity contribution in [3.05, 3.63) is 0 Å². The molecule has 1 aliphatic heterocycles. The largest absolute Gasteiger partial charge is 0.353 e. The van der Waals surface area contributed by atoms with Crippen molar-refractivity contribution >= 4 is 5.91 Å². The molecule has 1 fully saturated rings. The molecule has 3 N–H and O–H groups in total. The maximum Gasteiger partial charge on any atom is 0.219 e. The monoisotopic (exact) mass is 259 g/mol. The number of amides is 1. The third-order valence-electron chi connectivity index (χ3n) is 2.81. The van der Waals surface area contributed by atoms with Crippen LogP contribution in [0.4, 0.5) is 0 Å². The minimum atomic E-state index is 0.193. The number of carbonyl (C=O) groups is 1. The fraction of sp³-hybridized carbons (Fsp3) is 0.929. The molecule has 0 spiro atoms. The van der Waals surface area contributed by atoms with E-state index < -0.39 is 0 Å². The van der Waals surface area contributed by atoms with Crippen molar-refractivity contribution < 1.29 is 4.79 Å². The van der Waals surface area contributed by atoms with Gasteiger partial charge in [0.05, 0.1) is 0 Å². The van der Waals surface area contributed by atoms with Crippen LogP contribution in [0.1, 0.15) is 53.4 Å². The van der Waals surface area contributed by atoms with Gasteiger partial charge in [0.25, 0.3) is 0 Å². The van der Waals surface area contributed by atoms with Gasteiger partial charge in [-0.05, 0) is 32.9 Å². The summed E-state index contributed by atoms with van der Waals surface area (Å²) >= 11 is 0. The van der Waals surface area contributed by atoms with Gasteiger partial charge in [-0.1, -0.05) is 27.7 Å². The number of nitrogens with two attached hydrogens (primary N) is 1. The van der Waals surface area contributed by atoms with E-state index in [0.29, 0.717) is 12.5 Å². The van der Waals surface area contributed by atoms with Gasteiger partial charge in [-0.3, -0.25) is 4.79 Å². The molecule has 0 aliphatic carbocycles. The highest BCUT2D eigenvalue weighted by molar-refractivity contribution is 5.75. The summed E-state index contributed by atoms with van der Waals surface area (Å²) in [6.07, 6.45) is 4.07. The van der Waals surface area contributed by atoms with Crippen LogP contribution in [0.2, 0.25) is 0 Å². The van der Waals surface area contributed by atoms with Gasteiger partial charge < -0.3 is 16.0 Å². The molecule has 1 rings (SSSR count). The number of carbonyl (C=O) groups excluding carboxylic acids is 1. The lowest BCUT2D eigenvalue weighted by molar-refractivity contribution is -0.121. The average molecular weight is 259 g/mol. The summed E-state index contributed by atoms with van der Waals surface area (Å²) in [5.74, 6) is 0.193. The topological polar surface area (TPSA) is 58.4 Å². The van der Waals surface area contributed by atoms with Gasteiger partial charge in [-0.25, -0.2) is 0 Å². The molecular formula is C14H33N3O. The van der Waals surface area contributed by atoms with Crippen molar-refractivity contribution in [2.24, 2.45) is 5.73 Å². The summed E-state index contributed by atoms with van der Waals surface area (Å²) < 4.78 is 0. The van der Waals surface area contributed by atoms with Crippen molar-refractivity contribution in [3.63, 3.8) is 0 Å². The molecule has 1 amide bonds. The van der Waals surface area contributed by atoms with Gasteiger partial charge in [0.2, 0.25) is 5.91 Å². The van der Waals surface area contributed by atoms with Crippen LogP contribution in [-0.2, 0) is 4.79 Å². The number of hydrogen-bond donors (Lipinski definition) is 2. The summed E-state index contributed by atoms with van der Waals surface area (Å²) in [6.45, 7) is 11.6. The fourth-order valence-electron chi connectivity index (χ4n) is 1.95. The van der Waals surface area contributed by atoms with E-state index in [-0.39, 0.29) is 5.91 Å². The number of hydrogen-bond acceptors (Lipinski definition) is 3. The lowest BCUT2D eigenvalue weighted by Crippen LogP contribution is -2.44. The van der Waals surface area contributed by atoms with E-state index in [1.54, 1.807) is 0 Å². The lowest BCUT2D eigenvalue weighted by Gasteiger charge is -2.32. The van der Waals surface area contributed by atoms with E-state index in [4.69, 9.17) is 0 Å². The zero-order valence-electron chi connectivity index (χ0n) is 13.0. The quantitative estimate of drug-likeness (QED) is 0.812. The third kappa shape index (κ3) is 9.42. The Labute approximate surface area is 113 Å². The van der Waals surface area contributed by atoms with E-state index in [0.717, 1.165) is 25.9 Å². The number of rotatable bonds is 4. The lowest BCUT2D eigenvalue weighted by atomic mass is 10.0. The summed E-state index contributed by atoms with van der Waals surface area (Å²) in [5.41, 5.74) is 4.50. The molecular weight excluding hydrogens is 226 g/mol. The van der Waals surface area contributed by atoms with E-state index in [9.17, 15) is 4.79 Å². The Morgan fingerprint density at radius 1 is 1.22 bits per heavy atom. The maximum absolute atomic E-state index is 11.2. The number of nitrogens with one attached hydrogen (secondary N) is 1. The molecule has 0 aromatic heterocycles. The minimum Gasteiger partial charge on any atom is -0.353 e. The minimum absolute atomic E-state index is 0.193. The second-order valence-electron chi connectivity index (χ2n) is 4.04. The van der Waals surface area contributed by atoms with Gasteiger partial charge in [0.1, 0.15) is 0 Å². The van der Waals surface area contributed by atoms with Crippen LogP contribution in [0.5, 0.6) is 0 Å². The average Bonchev–Trinajstić information content (AvgIpc) is 2.45. The molecule has 0 bridgehead atoms. The zero-order chi connectivity index (χ0) is 14.4. The first kappa shape index (κ1) is 19.7. The van der Waals surface area contributed by atoms with Crippen LogP contribution in [-0.4, -0.2) is 43.5 Å². The van der Waals surface area contributed by atoms with Gasteiger partial charge in [-0.2, -0.15) is 0 Å². The molecule has 1 heterocycles. The highest BCUT2D eigenvalue weighted by Crippen LogP contribution is 2.10. The van der Waals surface area contributed by atoms with Gasteiger partial charge in [0, 0.05) is 25.6 Å². The molecule has 1 aliphatic rings. The smallest absolute Gasteiger partial charge is 0.219 e. The Kier molecular flexibility index (Phi) is 15.8. The normalized spacial score (nSPS) is 15.9. The maximum atomic E-state index is 11.2. The number of nitrogens with zero attached hydrogens (tertiary/aromatic N) is 1. The first-order valence-electron chi connectivity index (χ1n) is 7.35. The highest BCUT2D eigenvalue weighted by Gasteiger charge is 2.19. The molecule has 110 valence electrons. The molecule has 4 nitrogen and oxygen atoms in total. The van der Waals surface area contributed by atoms with E-state index in [1.165, 1.54) is 20.0 Å². The van der Waals surface area contributed by atoms with Crippen molar-refractivity contribution in [3.8, 4) is 0 Å². The first-order valence-corrected chi connectivity index (χ1v) is 7.35. The Morgan fingerprint density at radius 2 is 1.72 bits per heavy atom. The van der Waals surface area contributed by atoms with E-state index in [2.05, 4.69) is 22.9 Å². The molecule has 0 radical (unpaired) electrons. The molecule has 1 saturated heterocycles. The zero-order valence-corrected chi connectivity index (χ0v) is 13.0. The summed E-state index contributed by atoms with van der Waals surface area (Å²) in [4.78, 5) is 13.6. The SMILES string of the molecule is CC.CCCN1CCC(NC(=O)CC)CC1.CN. The summed E-state index contributed by atoms with van der Waals surface area (Å²) in [5, 5.41) is 3.07. The first-order chi connectivity index (χ1) is 8.76. The van der Waals surface area contributed by atoms with Gasteiger partial charge >= 0.3 is 0 Å². The van der Waals surface area contributed by atoms with Crippen LogP contribution >= 0.6 is 0 Å². The van der Waals surface area contributed by atoms with Gasteiger partial charge in [-0.15, -0.1) is 0 Å². The Hall–Kier alpha value is -0.610. The van der Waals surface area contributed by atoms with Crippen LogP contribution in [0, 0.1) is 0 Å². The summed E-state index contributed by atoms with van der Waals surface area (Å²) in [7, 11) is 1.50. The summed E-state index contributed by atoms with van der Waals surface area (Å²) in [6, 6.07) is 0.426. The van der Waals surface area contributed by atoms with Crippen molar-refractivity contribution in [2.45, 2.75) is 59.4 Å². The Balaban J connectivity index is 0. The fourth-order valence-corrected chi connectivity index (χ4v) is 1.95. The Morgan fingerprint density at radius 3 is 2.11 bits per heavy atom. The van der Waals surface area contributed by atoms with E-state index >= 15 is 0 Å². The van der Waals surface area contributed by atoms with Crippen molar-refractivity contribution in [1.29, 1.82) is 0 Å². The molecule has 0 aromatic carbocycles. The molecule has 0 unspecified atom stereocenters.